The predicted octanol–water partition coefficient (Wildman–Crippen LogP) is 4.84. The quantitative estimate of drug-likeness (QED) is 0.796. The molecule has 2 rings (SSSR count). The minimum absolute atomic E-state index is 0.442. The van der Waals surface area contributed by atoms with Gasteiger partial charge in [0, 0.05) is 11.6 Å². The molecule has 0 aliphatic carbocycles. The van der Waals surface area contributed by atoms with Crippen molar-refractivity contribution >= 4 is 46.2 Å². The van der Waals surface area contributed by atoms with Crippen LogP contribution in [0.5, 0.6) is 0 Å². The second-order valence-corrected chi connectivity index (χ2v) is 5.02. The Morgan fingerprint density at radius 1 is 0.944 bits per heavy atom. The van der Waals surface area contributed by atoms with Crippen LogP contribution in [0.3, 0.4) is 0 Å². The molecule has 94 valence electrons. The second kappa shape index (κ2) is 5.70. The first-order chi connectivity index (χ1) is 8.58. The molecule has 0 aliphatic heterocycles. The maximum atomic E-state index is 6.07. The summed E-state index contributed by atoms with van der Waals surface area (Å²) in [4.78, 5) is 0. The molecule has 0 atom stereocenters. The monoisotopic (exact) mass is 300 g/mol. The zero-order valence-electron chi connectivity index (χ0n) is 9.38. The third-order valence-electron chi connectivity index (χ3n) is 2.52. The van der Waals surface area contributed by atoms with Crippen LogP contribution >= 0.6 is 34.8 Å². The van der Waals surface area contributed by atoms with Gasteiger partial charge in [0.25, 0.3) is 0 Å². The highest BCUT2D eigenvalue weighted by Gasteiger charge is 2.05. The number of hydrogen-bond donors (Lipinski definition) is 2. The van der Waals surface area contributed by atoms with E-state index in [2.05, 4.69) is 5.32 Å². The molecule has 0 aromatic heterocycles. The van der Waals surface area contributed by atoms with Gasteiger partial charge >= 0.3 is 0 Å². The molecule has 0 bridgehead atoms. The first kappa shape index (κ1) is 13.3. The first-order valence-electron chi connectivity index (χ1n) is 5.29. The Kier molecular flexibility index (Phi) is 4.23. The van der Waals surface area contributed by atoms with E-state index >= 15 is 0 Å². The summed E-state index contributed by atoms with van der Waals surface area (Å²) in [6, 6.07) is 10.9. The molecule has 0 radical (unpaired) electrons. The summed E-state index contributed by atoms with van der Waals surface area (Å²) in [5.41, 5.74) is 8.14. The van der Waals surface area contributed by atoms with Crippen LogP contribution in [0.1, 0.15) is 5.56 Å². The van der Waals surface area contributed by atoms with E-state index in [9.17, 15) is 0 Å². The molecular weight excluding hydrogens is 291 g/mol. The maximum Gasteiger partial charge on any atom is 0.0614 e. The van der Waals surface area contributed by atoms with Crippen molar-refractivity contribution in [2.45, 2.75) is 6.54 Å². The van der Waals surface area contributed by atoms with Crippen molar-refractivity contribution < 1.29 is 0 Å². The van der Waals surface area contributed by atoms with Crippen LogP contribution < -0.4 is 11.1 Å². The maximum absolute atomic E-state index is 6.07. The van der Waals surface area contributed by atoms with E-state index in [1.54, 1.807) is 12.1 Å². The smallest absolute Gasteiger partial charge is 0.0614 e. The summed E-state index contributed by atoms with van der Waals surface area (Å²) in [6.45, 7) is 0.571. The number of hydrogen-bond acceptors (Lipinski definition) is 2. The van der Waals surface area contributed by atoms with Gasteiger partial charge in [-0.3, -0.25) is 0 Å². The Bertz CT molecular complexity index is 570. The van der Waals surface area contributed by atoms with Gasteiger partial charge in [0.05, 0.1) is 21.4 Å². The Hall–Kier alpha value is -1.09. The Morgan fingerprint density at radius 3 is 2.33 bits per heavy atom. The first-order valence-corrected chi connectivity index (χ1v) is 6.43. The van der Waals surface area contributed by atoms with Crippen LogP contribution in [0.15, 0.2) is 36.4 Å². The molecular formula is C13H11Cl3N2. The van der Waals surface area contributed by atoms with Crippen LogP contribution in [0, 0.1) is 0 Å². The van der Waals surface area contributed by atoms with Crippen LogP contribution in [0.25, 0.3) is 0 Å². The van der Waals surface area contributed by atoms with E-state index in [4.69, 9.17) is 40.5 Å². The van der Waals surface area contributed by atoms with Gasteiger partial charge in [0.15, 0.2) is 0 Å². The second-order valence-electron chi connectivity index (χ2n) is 3.80. The fourth-order valence-corrected chi connectivity index (χ4v) is 2.09. The summed E-state index contributed by atoms with van der Waals surface area (Å²) in [6.07, 6.45) is 0. The summed E-state index contributed by atoms with van der Waals surface area (Å²) in [7, 11) is 0. The number of benzene rings is 2. The molecule has 0 aliphatic rings. The normalized spacial score (nSPS) is 10.4. The van der Waals surface area contributed by atoms with Gasteiger partial charge in [-0.15, -0.1) is 0 Å². The van der Waals surface area contributed by atoms with Crippen LogP contribution in [0.4, 0.5) is 11.4 Å². The topological polar surface area (TPSA) is 38.0 Å². The number of anilines is 2. The lowest BCUT2D eigenvalue weighted by molar-refractivity contribution is 1.15. The predicted molar refractivity (Wildman–Crippen MR) is 79.7 cm³/mol. The van der Waals surface area contributed by atoms with Crippen molar-refractivity contribution in [3.8, 4) is 0 Å². The van der Waals surface area contributed by atoms with E-state index in [0.29, 0.717) is 27.3 Å². The summed E-state index contributed by atoms with van der Waals surface area (Å²) in [5, 5.41) is 4.80. The highest BCUT2D eigenvalue weighted by molar-refractivity contribution is 6.42. The van der Waals surface area contributed by atoms with Gasteiger partial charge in [-0.25, -0.2) is 0 Å². The molecule has 0 saturated carbocycles. The Labute approximate surface area is 121 Å². The van der Waals surface area contributed by atoms with Crippen molar-refractivity contribution in [3.63, 3.8) is 0 Å². The van der Waals surface area contributed by atoms with E-state index in [1.165, 1.54) is 0 Å². The zero-order chi connectivity index (χ0) is 13.1. The van der Waals surface area contributed by atoms with Gasteiger partial charge in [-0.05, 0) is 23.8 Å². The minimum Gasteiger partial charge on any atom is -0.397 e. The highest BCUT2D eigenvalue weighted by Crippen LogP contribution is 2.31. The van der Waals surface area contributed by atoms with Crippen molar-refractivity contribution in [2.24, 2.45) is 0 Å². The third kappa shape index (κ3) is 3.02. The lowest BCUT2D eigenvalue weighted by Gasteiger charge is -2.11. The molecule has 18 heavy (non-hydrogen) atoms. The zero-order valence-corrected chi connectivity index (χ0v) is 11.7. The molecule has 2 aromatic rings. The molecule has 0 saturated heterocycles. The highest BCUT2D eigenvalue weighted by atomic mass is 35.5. The average molecular weight is 302 g/mol. The number of nitrogen functional groups attached to an aromatic ring is 1. The van der Waals surface area contributed by atoms with E-state index in [0.717, 1.165) is 11.3 Å². The van der Waals surface area contributed by atoms with Gasteiger partial charge in [0.1, 0.15) is 0 Å². The van der Waals surface area contributed by atoms with Crippen molar-refractivity contribution in [1.29, 1.82) is 0 Å². The summed E-state index contributed by atoms with van der Waals surface area (Å²) >= 11 is 17.9. The number of nitrogens with one attached hydrogen (secondary N) is 1. The molecule has 0 unspecified atom stereocenters. The van der Waals surface area contributed by atoms with Gasteiger partial charge in [0.2, 0.25) is 0 Å². The van der Waals surface area contributed by atoms with E-state index in [1.807, 2.05) is 24.3 Å². The SMILES string of the molecule is Nc1cc(Cl)c(Cl)cc1NCc1ccccc1Cl. The molecule has 5 heteroatoms. The van der Waals surface area contributed by atoms with Crippen LogP contribution in [-0.4, -0.2) is 0 Å². The van der Waals surface area contributed by atoms with Gasteiger partial charge < -0.3 is 11.1 Å². The molecule has 0 fully saturated rings. The van der Waals surface area contributed by atoms with Crippen LogP contribution in [0.2, 0.25) is 15.1 Å². The van der Waals surface area contributed by atoms with Crippen molar-refractivity contribution in [3.05, 3.63) is 57.0 Å². The molecule has 0 heterocycles. The van der Waals surface area contributed by atoms with Crippen molar-refractivity contribution in [2.75, 3.05) is 11.1 Å². The average Bonchev–Trinajstić information content (AvgIpc) is 2.34. The van der Waals surface area contributed by atoms with Gasteiger partial charge in [-0.2, -0.15) is 0 Å². The molecule has 3 N–H and O–H groups in total. The lowest BCUT2D eigenvalue weighted by Crippen LogP contribution is -2.03. The third-order valence-corrected chi connectivity index (χ3v) is 3.61. The summed E-state index contributed by atoms with van der Waals surface area (Å²) in [5.74, 6) is 0. The standard InChI is InChI=1S/C13H11Cl3N2/c14-9-4-2-1-3-8(9)7-18-13-6-11(16)10(15)5-12(13)17/h1-6,18H,7,17H2. The number of halogens is 3. The van der Waals surface area contributed by atoms with E-state index < -0.39 is 0 Å². The molecule has 0 amide bonds. The Morgan fingerprint density at radius 2 is 1.61 bits per heavy atom. The fourth-order valence-electron chi connectivity index (χ4n) is 1.55. The van der Waals surface area contributed by atoms with Crippen molar-refractivity contribution in [1.82, 2.24) is 0 Å². The minimum atomic E-state index is 0.442. The Balaban J connectivity index is 2.16. The van der Waals surface area contributed by atoms with E-state index in [-0.39, 0.29) is 0 Å². The number of nitrogens with two attached hydrogens (primary N) is 1. The van der Waals surface area contributed by atoms with Gasteiger partial charge in [-0.1, -0.05) is 53.0 Å². The fraction of sp³-hybridized carbons (Fsp3) is 0.0769. The lowest BCUT2D eigenvalue weighted by atomic mass is 10.2. The molecule has 2 aromatic carbocycles. The number of rotatable bonds is 3. The summed E-state index contributed by atoms with van der Waals surface area (Å²) < 4.78 is 0. The molecule has 2 nitrogen and oxygen atoms in total. The largest absolute Gasteiger partial charge is 0.397 e. The van der Waals surface area contributed by atoms with Crippen LogP contribution in [-0.2, 0) is 6.54 Å². The molecule has 0 spiro atoms.